The van der Waals surface area contributed by atoms with Crippen LogP contribution in [-0.4, -0.2) is 35.9 Å². The van der Waals surface area contributed by atoms with Gasteiger partial charge in [0.1, 0.15) is 11.4 Å². The number of alkyl carbamates (subject to hydrolysis) is 1. The fraction of sp³-hybridized carbons (Fsp3) is 0.556. The Bertz CT molecular complexity index is 571. The first kappa shape index (κ1) is 21.3. The van der Waals surface area contributed by atoms with Gasteiger partial charge in [-0.3, -0.25) is 4.79 Å². The normalized spacial score (nSPS) is 12.6. The molecule has 1 aromatic rings. The molecule has 7 heteroatoms. The summed E-state index contributed by atoms with van der Waals surface area (Å²) in [7, 11) is 0. The van der Waals surface area contributed by atoms with Crippen molar-refractivity contribution in [2.45, 2.75) is 51.2 Å². The molecule has 25 heavy (non-hydrogen) atoms. The Morgan fingerprint density at radius 3 is 2.32 bits per heavy atom. The molecule has 0 saturated carbocycles. The summed E-state index contributed by atoms with van der Waals surface area (Å²) in [6, 6.07) is 5.76. The average molecular weight is 370 g/mol. The number of ether oxygens (including phenoxy) is 1. The lowest BCUT2D eigenvalue weighted by molar-refractivity contribution is -0.118. The summed E-state index contributed by atoms with van der Waals surface area (Å²) >= 11 is 1.33. The molecule has 1 atom stereocenters. The van der Waals surface area contributed by atoms with Crippen LogP contribution < -0.4 is 10.6 Å². The van der Waals surface area contributed by atoms with E-state index in [0.29, 0.717) is 6.54 Å². The van der Waals surface area contributed by atoms with Crippen molar-refractivity contribution in [3.8, 4) is 0 Å². The Balaban J connectivity index is 2.41. The second-order valence-corrected chi connectivity index (χ2v) is 8.09. The van der Waals surface area contributed by atoms with Crippen LogP contribution in [-0.2, 0) is 9.53 Å². The zero-order valence-corrected chi connectivity index (χ0v) is 16.2. The first-order valence-electron chi connectivity index (χ1n) is 8.21. The van der Waals surface area contributed by atoms with E-state index in [9.17, 15) is 14.0 Å². The molecule has 2 N–H and O–H groups in total. The molecule has 0 fully saturated rings. The summed E-state index contributed by atoms with van der Waals surface area (Å²) in [6.07, 6.45) is -0.499. The molecule has 1 unspecified atom stereocenters. The summed E-state index contributed by atoms with van der Waals surface area (Å²) in [5.41, 5.74) is -0.569. The average Bonchev–Trinajstić information content (AvgIpc) is 2.48. The van der Waals surface area contributed by atoms with Gasteiger partial charge >= 0.3 is 6.09 Å². The van der Waals surface area contributed by atoms with Crippen LogP contribution in [0.3, 0.4) is 0 Å². The summed E-state index contributed by atoms with van der Waals surface area (Å²) in [5, 5.41) is 5.59. The van der Waals surface area contributed by atoms with Crippen LogP contribution in [0, 0.1) is 11.7 Å². The van der Waals surface area contributed by atoms with Gasteiger partial charge in [-0.05, 0) is 51.0 Å². The Labute approximate surface area is 153 Å². The lowest BCUT2D eigenvalue weighted by Gasteiger charge is -2.26. The van der Waals surface area contributed by atoms with E-state index in [2.05, 4.69) is 10.6 Å². The van der Waals surface area contributed by atoms with Crippen molar-refractivity contribution in [3.63, 3.8) is 0 Å². The molecular weight excluding hydrogens is 343 g/mol. The van der Waals surface area contributed by atoms with E-state index in [0.717, 1.165) is 4.90 Å². The zero-order valence-electron chi connectivity index (χ0n) is 15.4. The quantitative estimate of drug-likeness (QED) is 0.720. The molecule has 0 aliphatic carbocycles. The van der Waals surface area contributed by atoms with Crippen LogP contribution in [0.15, 0.2) is 29.2 Å². The van der Waals surface area contributed by atoms with Crippen molar-refractivity contribution in [1.29, 1.82) is 0 Å². The highest BCUT2D eigenvalue weighted by Gasteiger charge is 2.21. The molecule has 0 aliphatic rings. The van der Waals surface area contributed by atoms with Crippen molar-refractivity contribution in [1.82, 2.24) is 10.6 Å². The van der Waals surface area contributed by atoms with Gasteiger partial charge in [-0.2, -0.15) is 0 Å². The van der Waals surface area contributed by atoms with Gasteiger partial charge in [0, 0.05) is 11.4 Å². The molecule has 1 aromatic carbocycles. The molecule has 0 aliphatic heterocycles. The van der Waals surface area contributed by atoms with Crippen molar-refractivity contribution in [2.24, 2.45) is 5.92 Å². The van der Waals surface area contributed by atoms with Gasteiger partial charge in [-0.15, -0.1) is 11.8 Å². The minimum Gasteiger partial charge on any atom is -0.444 e. The predicted octanol–water partition coefficient (Wildman–Crippen LogP) is 3.58. The Morgan fingerprint density at radius 2 is 1.80 bits per heavy atom. The van der Waals surface area contributed by atoms with Gasteiger partial charge in [-0.25, -0.2) is 9.18 Å². The molecule has 0 heterocycles. The van der Waals surface area contributed by atoms with Gasteiger partial charge in [0.15, 0.2) is 0 Å². The maximum Gasteiger partial charge on any atom is 0.407 e. The standard InChI is InChI=1S/C18H27FN2O3S/c1-12(2)15(21-17(23)24-18(3,4)5)10-20-16(22)11-25-14-8-6-13(19)7-9-14/h6-9,12,15H,10-11H2,1-5H3,(H,20,22)(H,21,23). The maximum atomic E-state index is 12.8. The highest BCUT2D eigenvalue weighted by molar-refractivity contribution is 8.00. The van der Waals surface area contributed by atoms with Crippen LogP contribution >= 0.6 is 11.8 Å². The molecule has 0 aromatic heterocycles. The third-order valence-electron chi connectivity index (χ3n) is 3.21. The van der Waals surface area contributed by atoms with E-state index in [1.165, 1.54) is 23.9 Å². The maximum absolute atomic E-state index is 12.8. The lowest BCUT2D eigenvalue weighted by atomic mass is 10.0. The summed E-state index contributed by atoms with van der Waals surface area (Å²) in [4.78, 5) is 24.7. The van der Waals surface area contributed by atoms with Crippen LogP contribution in [0.25, 0.3) is 0 Å². The predicted molar refractivity (Wildman–Crippen MR) is 98.1 cm³/mol. The topological polar surface area (TPSA) is 67.4 Å². The van der Waals surface area contributed by atoms with E-state index in [1.807, 2.05) is 13.8 Å². The Hall–Kier alpha value is -1.76. The molecular formula is C18H27FN2O3S. The fourth-order valence-electron chi connectivity index (χ4n) is 1.87. The highest BCUT2D eigenvalue weighted by atomic mass is 32.2. The van der Waals surface area contributed by atoms with Crippen molar-refractivity contribution < 1.29 is 18.7 Å². The number of rotatable bonds is 7. The molecule has 0 spiro atoms. The van der Waals surface area contributed by atoms with E-state index in [4.69, 9.17) is 4.74 Å². The number of hydrogen-bond donors (Lipinski definition) is 2. The molecule has 0 bridgehead atoms. The van der Waals surface area contributed by atoms with Crippen LogP contribution in [0.1, 0.15) is 34.6 Å². The molecule has 0 radical (unpaired) electrons. The molecule has 5 nitrogen and oxygen atoms in total. The van der Waals surface area contributed by atoms with Crippen molar-refractivity contribution in [3.05, 3.63) is 30.1 Å². The van der Waals surface area contributed by atoms with Gasteiger partial charge in [0.2, 0.25) is 5.91 Å². The monoisotopic (exact) mass is 370 g/mol. The number of benzene rings is 1. The first-order chi connectivity index (χ1) is 11.6. The number of thioether (sulfide) groups is 1. The van der Waals surface area contributed by atoms with E-state index in [-0.39, 0.29) is 29.4 Å². The smallest absolute Gasteiger partial charge is 0.407 e. The molecule has 1 rings (SSSR count). The third kappa shape index (κ3) is 9.34. The van der Waals surface area contributed by atoms with E-state index >= 15 is 0 Å². The minimum atomic E-state index is -0.569. The van der Waals surface area contributed by atoms with Crippen LogP contribution in [0.5, 0.6) is 0 Å². The van der Waals surface area contributed by atoms with Gasteiger partial charge in [-0.1, -0.05) is 13.8 Å². The largest absolute Gasteiger partial charge is 0.444 e. The summed E-state index contributed by atoms with van der Waals surface area (Å²) in [6.45, 7) is 9.63. The number of nitrogens with one attached hydrogen (secondary N) is 2. The van der Waals surface area contributed by atoms with Crippen LogP contribution in [0.2, 0.25) is 0 Å². The first-order valence-corrected chi connectivity index (χ1v) is 9.20. The van der Waals surface area contributed by atoms with E-state index < -0.39 is 11.7 Å². The number of hydrogen-bond acceptors (Lipinski definition) is 4. The van der Waals surface area contributed by atoms with Crippen molar-refractivity contribution >= 4 is 23.8 Å². The SMILES string of the molecule is CC(C)C(CNC(=O)CSc1ccc(F)cc1)NC(=O)OC(C)(C)C. The third-order valence-corrected chi connectivity index (χ3v) is 4.22. The highest BCUT2D eigenvalue weighted by Crippen LogP contribution is 2.17. The Kier molecular flexibility index (Phi) is 8.22. The molecule has 0 saturated heterocycles. The Morgan fingerprint density at radius 1 is 1.20 bits per heavy atom. The molecule has 140 valence electrons. The zero-order chi connectivity index (χ0) is 19.0. The minimum absolute atomic E-state index is 0.137. The van der Waals surface area contributed by atoms with Gasteiger partial charge in [0.25, 0.3) is 0 Å². The van der Waals surface area contributed by atoms with Gasteiger partial charge in [0.05, 0.1) is 11.8 Å². The van der Waals surface area contributed by atoms with Crippen molar-refractivity contribution in [2.75, 3.05) is 12.3 Å². The van der Waals surface area contributed by atoms with Crippen LogP contribution in [0.4, 0.5) is 9.18 Å². The second-order valence-electron chi connectivity index (χ2n) is 7.04. The van der Waals surface area contributed by atoms with E-state index in [1.54, 1.807) is 32.9 Å². The fourth-order valence-corrected chi connectivity index (χ4v) is 2.60. The number of carbonyl (C=O) groups excluding carboxylic acids is 2. The van der Waals surface area contributed by atoms with Gasteiger partial charge < -0.3 is 15.4 Å². The molecule has 2 amide bonds. The summed E-state index contributed by atoms with van der Waals surface area (Å²) in [5.74, 6) is -0.0894. The second kappa shape index (κ2) is 9.65. The number of amides is 2. The lowest BCUT2D eigenvalue weighted by Crippen LogP contribution is -2.48. The summed E-state index contributed by atoms with van der Waals surface area (Å²) < 4.78 is 18.1. The number of carbonyl (C=O) groups is 2. The number of halogens is 1.